The van der Waals surface area contributed by atoms with Crippen molar-refractivity contribution in [1.82, 2.24) is 9.55 Å². The maximum atomic E-state index is 11.1. The molecule has 4 rings (SSSR count). The molecule has 0 fully saturated rings. The molecule has 0 unspecified atom stereocenters. The normalized spacial score (nSPS) is 11.0. The van der Waals surface area contributed by atoms with E-state index >= 15 is 0 Å². The number of aromatic carboxylic acids is 1. The van der Waals surface area contributed by atoms with Crippen LogP contribution in [0.5, 0.6) is 0 Å². The Labute approximate surface area is 151 Å². The summed E-state index contributed by atoms with van der Waals surface area (Å²) in [6.07, 6.45) is 3.65. The molecule has 2 aromatic carbocycles. The summed E-state index contributed by atoms with van der Waals surface area (Å²) >= 11 is 0. The Morgan fingerprint density at radius 3 is 2.50 bits per heavy atom. The van der Waals surface area contributed by atoms with Crippen LogP contribution in [0.25, 0.3) is 22.2 Å². The van der Waals surface area contributed by atoms with Gasteiger partial charge in [-0.1, -0.05) is 30.3 Å². The molecule has 2 heterocycles. The van der Waals surface area contributed by atoms with Gasteiger partial charge in [-0.3, -0.25) is 4.98 Å². The molecule has 0 spiro atoms. The minimum atomic E-state index is -0.908. The molecule has 0 radical (unpaired) electrons. The largest absolute Gasteiger partial charge is 0.478 e. The first kappa shape index (κ1) is 16.1. The molecule has 0 aliphatic carbocycles. The van der Waals surface area contributed by atoms with Gasteiger partial charge < -0.3 is 9.67 Å². The molecule has 2 aromatic heterocycles. The Kier molecular flexibility index (Phi) is 4.01. The maximum Gasteiger partial charge on any atom is 0.335 e. The van der Waals surface area contributed by atoms with Gasteiger partial charge >= 0.3 is 5.97 Å². The second kappa shape index (κ2) is 6.48. The summed E-state index contributed by atoms with van der Waals surface area (Å²) < 4.78 is 2.28. The predicted molar refractivity (Wildman–Crippen MR) is 102 cm³/mol. The van der Waals surface area contributed by atoms with E-state index < -0.39 is 5.97 Å². The second-order valence-electron chi connectivity index (χ2n) is 6.32. The van der Waals surface area contributed by atoms with Gasteiger partial charge in [0.15, 0.2) is 0 Å². The lowest BCUT2D eigenvalue weighted by atomic mass is 10.1. The van der Waals surface area contributed by atoms with E-state index in [2.05, 4.69) is 34.7 Å². The summed E-state index contributed by atoms with van der Waals surface area (Å²) in [4.78, 5) is 15.3. The van der Waals surface area contributed by atoms with Crippen molar-refractivity contribution in [2.24, 2.45) is 0 Å². The number of hydrogen-bond acceptors (Lipinski definition) is 2. The number of carbonyl (C=O) groups is 1. The van der Waals surface area contributed by atoms with Crippen LogP contribution in [0.2, 0.25) is 0 Å². The van der Waals surface area contributed by atoms with Crippen molar-refractivity contribution in [2.75, 3.05) is 0 Å². The molecule has 0 atom stereocenters. The van der Waals surface area contributed by atoms with Gasteiger partial charge in [-0.05, 0) is 48.4 Å². The fourth-order valence-electron chi connectivity index (χ4n) is 3.45. The summed E-state index contributed by atoms with van der Waals surface area (Å²) in [6.45, 7) is 2.80. The molecular weight excluding hydrogens is 324 g/mol. The van der Waals surface area contributed by atoms with E-state index in [1.807, 2.05) is 36.5 Å². The lowest BCUT2D eigenvalue weighted by molar-refractivity contribution is 0.0697. The monoisotopic (exact) mass is 342 g/mol. The van der Waals surface area contributed by atoms with Gasteiger partial charge in [-0.2, -0.15) is 0 Å². The highest BCUT2D eigenvalue weighted by Gasteiger charge is 2.16. The molecule has 1 N–H and O–H groups in total. The number of para-hydroxylation sites is 1. The van der Waals surface area contributed by atoms with Crippen LogP contribution >= 0.6 is 0 Å². The zero-order chi connectivity index (χ0) is 18.1. The first-order chi connectivity index (χ1) is 12.6. The van der Waals surface area contributed by atoms with Crippen molar-refractivity contribution in [3.8, 4) is 11.3 Å². The molecule has 0 bridgehead atoms. The molecule has 0 aliphatic rings. The van der Waals surface area contributed by atoms with E-state index in [-0.39, 0.29) is 0 Å². The standard InChI is InChI=1S/C22H18N2O2/c1-15-19-6-2-3-7-20(19)24(21(15)18-5-4-12-23-13-18)14-16-8-10-17(11-9-16)22(25)26/h2-13H,14H2,1H3,(H,25,26). The van der Waals surface area contributed by atoms with Crippen LogP contribution in [-0.2, 0) is 6.54 Å². The third kappa shape index (κ3) is 2.75. The van der Waals surface area contributed by atoms with Gasteiger partial charge in [0.1, 0.15) is 0 Å². The number of rotatable bonds is 4. The number of carboxylic acids is 1. The van der Waals surface area contributed by atoms with E-state index in [1.165, 1.54) is 10.9 Å². The first-order valence-electron chi connectivity index (χ1n) is 8.45. The number of carboxylic acid groups (broad SMARTS) is 1. The van der Waals surface area contributed by atoms with Crippen LogP contribution in [-0.4, -0.2) is 20.6 Å². The molecule has 0 saturated carbocycles. The fourth-order valence-corrected chi connectivity index (χ4v) is 3.45. The zero-order valence-electron chi connectivity index (χ0n) is 14.4. The maximum absolute atomic E-state index is 11.1. The minimum Gasteiger partial charge on any atom is -0.478 e. The van der Waals surface area contributed by atoms with Crippen LogP contribution in [0.1, 0.15) is 21.5 Å². The average Bonchev–Trinajstić information content (AvgIpc) is 2.95. The minimum absolute atomic E-state index is 0.301. The summed E-state index contributed by atoms with van der Waals surface area (Å²) in [5.74, 6) is -0.908. The van der Waals surface area contributed by atoms with Crippen molar-refractivity contribution in [1.29, 1.82) is 0 Å². The number of nitrogens with zero attached hydrogens (tertiary/aromatic N) is 2. The number of fused-ring (bicyclic) bond motifs is 1. The van der Waals surface area contributed by atoms with Crippen molar-refractivity contribution in [2.45, 2.75) is 13.5 Å². The topological polar surface area (TPSA) is 55.1 Å². The lowest BCUT2D eigenvalue weighted by Gasteiger charge is -2.12. The molecule has 128 valence electrons. The average molecular weight is 342 g/mol. The van der Waals surface area contributed by atoms with Crippen molar-refractivity contribution >= 4 is 16.9 Å². The lowest BCUT2D eigenvalue weighted by Crippen LogP contribution is -2.03. The van der Waals surface area contributed by atoms with Gasteiger partial charge in [0, 0.05) is 35.4 Å². The Morgan fingerprint density at radius 1 is 1.04 bits per heavy atom. The van der Waals surface area contributed by atoms with Crippen LogP contribution < -0.4 is 0 Å². The fraction of sp³-hybridized carbons (Fsp3) is 0.0909. The molecule has 0 amide bonds. The smallest absolute Gasteiger partial charge is 0.335 e. The molecule has 4 heteroatoms. The van der Waals surface area contributed by atoms with Crippen LogP contribution in [0.15, 0.2) is 73.1 Å². The number of benzene rings is 2. The van der Waals surface area contributed by atoms with Crippen molar-refractivity contribution in [3.63, 3.8) is 0 Å². The zero-order valence-corrected chi connectivity index (χ0v) is 14.4. The van der Waals surface area contributed by atoms with E-state index in [0.29, 0.717) is 12.1 Å². The Morgan fingerprint density at radius 2 is 1.81 bits per heavy atom. The van der Waals surface area contributed by atoms with Gasteiger partial charge in [-0.25, -0.2) is 4.79 Å². The number of aromatic nitrogens is 2. The molecule has 26 heavy (non-hydrogen) atoms. The van der Waals surface area contributed by atoms with Gasteiger partial charge in [0.25, 0.3) is 0 Å². The molecule has 4 aromatic rings. The Balaban J connectivity index is 1.87. The Hall–Kier alpha value is -3.40. The summed E-state index contributed by atoms with van der Waals surface area (Å²) in [6, 6.07) is 19.4. The molecule has 4 nitrogen and oxygen atoms in total. The van der Waals surface area contributed by atoms with Crippen LogP contribution in [0.4, 0.5) is 0 Å². The quantitative estimate of drug-likeness (QED) is 0.582. The third-order valence-corrected chi connectivity index (χ3v) is 4.70. The number of pyridine rings is 1. The van der Waals surface area contributed by atoms with Gasteiger partial charge in [-0.15, -0.1) is 0 Å². The first-order valence-corrected chi connectivity index (χ1v) is 8.45. The van der Waals surface area contributed by atoms with Gasteiger partial charge in [0.05, 0.1) is 11.3 Å². The SMILES string of the molecule is Cc1c(-c2cccnc2)n(Cc2ccc(C(=O)O)cc2)c2ccccc12. The summed E-state index contributed by atoms with van der Waals surface area (Å²) in [5.41, 5.74) is 5.95. The summed E-state index contributed by atoms with van der Waals surface area (Å²) in [7, 11) is 0. The second-order valence-corrected chi connectivity index (χ2v) is 6.32. The van der Waals surface area contributed by atoms with Crippen LogP contribution in [0.3, 0.4) is 0 Å². The highest BCUT2D eigenvalue weighted by molar-refractivity contribution is 5.91. The van der Waals surface area contributed by atoms with E-state index in [0.717, 1.165) is 22.3 Å². The number of hydrogen-bond donors (Lipinski definition) is 1. The highest BCUT2D eigenvalue weighted by Crippen LogP contribution is 2.33. The van der Waals surface area contributed by atoms with Crippen molar-refractivity contribution in [3.05, 3.63) is 89.7 Å². The third-order valence-electron chi connectivity index (χ3n) is 4.70. The van der Waals surface area contributed by atoms with E-state index in [1.54, 1.807) is 18.3 Å². The molecule has 0 aliphatic heterocycles. The van der Waals surface area contributed by atoms with Gasteiger partial charge in [0.2, 0.25) is 0 Å². The summed E-state index contributed by atoms with van der Waals surface area (Å²) in [5, 5.41) is 10.3. The number of aryl methyl sites for hydroxylation is 1. The highest BCUT2D eigenvalue weighted by atomic mass is 16.4. The molecular formula is C22H18N2O2. The molecule has 0 saturated heterocycles. The van der Waals surface area contributed by atoms with Crippen LogP contribution in [0, 0.1) is 6.92 Å². The van der Waals surface area contributed by atoms with Crippen molar-refractivity contribution < 1.29 is 9.90 Å². The Bertz CT molecular complexity index is 1080. The van der Waals surface area contributed by atoms with E-state index in [9.17, 15) is 4.79 Å². The predicted octanol–water partition coefficient (Wildman–Crippen LogP) is 4.76. The van der Waals surface area contributed by atoms with E-state index in [4.69, 9.17) is 5.11 Å².